The summed E-state index contributed by atoms with van der Waals surface area (Å²) in [5, 5.41) is 3.53. The number of methoxy groups -OCH3 is 1. The van der Waals surface area contributed by atoms with Crippen molar-refractivity contribution in [3.63, 3.8) is 0 Å². The first-order valence-corrected chi connectivity index (χ1v) is 6.60. The Morgan fingerprint density at radius 1 is 1.67 bits per heavy atom. The minimum absolute atomic E-state index is 0.00651. The van der Waals surface area contributed by atoms with Crippen molar-refractivity contribution >= 4 is 28.2 Å². The van der Waals surface area contributed by atoms with Crippen molar-refractivity contribution in [3.05, 3.63) is 4.88 Å². The third kappa shape index (κ3) is 3.11. The largest absolute Gasteiger partial charge is 0.383 e. The molecule has 0 bridgehead atoms. The average molecular weight is 272 g/mol. The minimum atomic E-state index is -0.0986. The lowest BCUT2D eigenvalue weighted by Gasteiger charge is -2.27. The molecule has 6 nitrogen and oxygen atoms in total. The standard InChI is InChI=1S/C11H20N4O2S/c1-5-15(7(2)6-17-4)10(16)8-9(12)14-11(13-3)18-8/h7H,5-6,12H2,1-4H3,(H,13,14). The first-order chi connectivity index (χ1) is 8.54. The van der Waals surface area contributed by atoms with E-state index in [9.17, 15) is 4.79 Å². The van der Waals surface area contributed by atoms with E-state index in [1.54, 1.807) is 19.1 Å². The van der Waals surface area contributed by atoms with Crippen molar-refractivity contribution in [1.29, 1.82) is 0 Å². The Morgan fingerprint density at radius 2 is 2.33 bits per heavy atom. The molecule has 0 fully saturated rings. The van der Waals surface area contributed by atoms with Crippen molar-refractivity contribution in [2.24, 2.45) is 0 Å². The topological polar surface area (TPSA) is 80.5 Å². The first kappa shape index (κ1) is 14.7. The van der Waals surface area contributed by atoms with Gasteiger partial charge in [0.15, 0.2) is 5.13 Å². The zero-order valence-electron chi connectivity index (χ0n) is 11.2. The molecule has 1 aromatic rings. The number of nitrogens with two attached hydrogens (primary N) is 1. The zero-order valence-corrected chi connectivity index (χ0v) is 12.0. The summed E-state index contributed by atoms with van der Waals surface area (Å²) in [5.41, 5.74) is 5.77. The quantitative estimate of drug-likeness (QED) is 0.815. The van der Waals surface area contributed by atoms with Gasteiger partial charge < -0.3 is 20.7 Å². The second-order valence-electron chi connectivity index (χ2n) is 3.88. The predicted octanol–water partition coefficient (Wildman–Crippen LogP) is 1.26. The fourth-order valence-corrected chi connectivity index (χ4v) is 2.50. The molecule has 0 radical (unpaired) electrons. The van der Waals surface area contributed by atoms with Gasteiger partial charge in [0.2, 0.25) is 0 Å². The van der Waals surface area contributed by atoms with Gasteiger partial charge in [0.25, 0.3) is 5.91 Å². The molecule has 0 spiro atoms. The maximum absolute atomic E-state index is 12.4. The second kappa shape index (κ2) is 6.55. The van der Waals surface area contributed by atoms with E-state index < -0.39 is 0 Å². The molecular weight excluding hydrogens is 252 g/mol. The van der Waals surface area contributed by atoms with E-state index in [1.807, 2.05) is 13.8 Å². The lowest BCUT2D eigenvalue weighted by molar-refractivity contribution is 0.0584. The Bertz CT molecular complexity index is 408. The number of hydrogen-bond donors (Lipinski definition) is 2. The molecule has 18 heavy (non-hydrogen) atoms. The van der Waals surface area contributed by atoms with E-state index in [0.717, 1.165) is 0 Å². The Morgan fingerprint density at radius 3 is 2.78 bits per heavy atom. The van der Waals surface area contributed by atoms with Gasteiger partial charge in [-0.3, -0.25) is 4.79 Å². The predicted molar refractivity (Wildman–Crippen MR) is 74.1 cm³/mol. The van der Waals surface area contributed by atoms with Crippen molar-refractivity contribution in [2.75, 3.05) is 38.4 Å². The third-order valence-electron chi connectivity index (χ3n) is 2.60. The number of nitrogens with zero attached hydrogens (tertiary/aromatic N) is 2. The van der Waals surface area contributed by atoms with Gasteiger partial charge in [-0.2, -0.15) is 0 Å². The number of anilines is 2. The van der Waals surface area contributed by atoms with E-state index in [2.05, 4.69) is 10.3 Å². The summed E-state index contributed by atoms with van der Waals surface area (Å²) in [6, 6.07) is 0.00651. The molecule has 0 aliphatic carbocycles. The fourth-order valence-electron chi connectivity index (χ4n) is 1.71. The highest BCUT2D eigenvalue weighted by Gasteiger charge is 2.24. The van der Waals surface area contributed by atoms with Crippen LogP contribution >= 0.6 is 11.3 Å². The molecule has 0 saturated carbocycles. The van der Waals surface area contributed by atoms with Gasteiger partial charge in [-0.1, -0.05) is 11.3 Å². The Kier molecular flexibility index (Phi) is 5.36. The Hall–Kier alpha value is -1.34. The summed E-state index contributed by atoms with van der Waals surface area (Å²) < 4.78 is 5.08. The number of carbonyl (C=O) groups is 1. The van der Waals surface area contributed by atoms with Crippen LogP contribution in [-0.4, -0.2) is 49.1 Å². The number of ether oxygens (including phenoxy) is 1. The zero-order chi connectivity index (χ0) is 13.7. The molecule has 1 atom stereocenters. The van der Waals surface area contributed by atoms with Crippen molar-refractivity contribution in [2.45, 2.75) is 19.9 Å². The first-order valence-electron chi connectivity index (χ1n) is 5.79. The molecule has 0 saturated heterocycles. The van der Waals surface area contributed by atoms with Gasteiger partial charge in [0, 0.05) is 20.7 Å². The number of nitrogen functional groups attached to an aromatic ring is 1. The minimum Gasteiger partial charge on any atom is -0.383 e. The van der Waals surface area contributed by atoms with Crippen LogP contribution in [0.2, 0.25) is 0 Å². The highest BCUT2D eigenvalue weighted by Crippen LogP contribution is 2.26. The van der Waals surface area contributed by atoms with Gasteiger partial charge in [0.05, 0.1) is 12.6 Å². The highest BCUT2D eigenvalue weighted by atomic mass is 32.1. The number of hydrogen-bond acceptors (Lipinski definition) is 6. The van der Waals surface area contributed by atoms with E-state index >= 15 is 0 Å². The van der Waals surface area contributed by atoms with E-state index in [1.165, 1.54) is 11.3 Å². The summed E-state index contributed by atoms with van der Waals surface area (Å²) in [4.78, 5) is 18.7. The average Bonchev–Trinajstić information content (AvgIpc) is 2.71. The molecule has 0 aliphatic rings. The lowest BCUT2D eigenvalue weighted by atomic mass is 10.2. The van der Waals surface area contributed by atoms with Gasteiger partial charge in [-0.15, -0.1) is 0 Å². The second-order valence-corrected chi connectivity index (χ2v) is 4.88. The monoisotopic (exact) mass is 272 g/mol. The smallest absolute Gasteiger partial charge is 0.268 e. The van der Waals surface area contributed by atoms with Crippen molar-refractivity contribution in [1.82, 2.24) is 9.88 Å². The molecule has 102 valence electrons. The molecular formula is C11H20N4O2S. The van der Waals surface area contributed by atoms with Gasteiger partial charge in [-0.05, 0) is 13.8 Å². The summed E-state index contributed by atoms with van der Waals surface area (Å²) in [6.07, 6.45) is 0. The third-order valence-corrected chi connectivity index (χ3v) is 3.68. The van der Waals surface area contributed by atoms with Gasteiger partial charge >= 0.3 is 0 Å². The maximum Gasteiger partial charge on any atom is 0.268 e. The molecule has 0 aliphatic heterocycles. The molecule has 1 unspecified atom stereocenters. The maximum atomic E-state index is 12.4. The molecule has 1 heterocycles. The Balaban J connectivity index is 2.92. The summed E-state index contributed by atoms with van der Waals surface area (Å²) in [6.45, 7) is 4.98. The molecule has 3 N–H and O–H groups in total. The number of likely N-dealkylation sites (N-methyl/N-ethyl adjacent to an activating group) is 1. The summed E-state index contributed by atoms with van der Waals surface area (Å²) in [7, 11) is 3.37. The number of nitrogens with one attached hydrogen (secondary N) is 1. The fraction of sp³-hybridized carbons (Fsp3) is 0.636. The molecule has 1 aromatic heterocycles. The van der Waals surface area contributed by atoms with Crippen LogP contribution in [0.25, 0.3) is 0 Å². The van der Waals surface area contributed by atoms with Crippen molar-refractivity contribution in [3.8, 4) is 0 Å². The number of amides is 1. The van der Waals surface area contributed by atoms with Crippen LogP contribution in [0.1, 0.15) is 23.5 Å². The number of rotatable bonds is 6. The summed E-state index contributed by atoms with van der Waals surface area (Å²) >= 11 is 1.27. The van der Waals surface area contributed by atoms with E-state index in [0.29, 0.717) is 23.2 Å². The van der Waals surface area contributed by atoms with Crippen molar-refractivity contribution < 1.29 is 9.53 Å². The molecule has 1 amide bonds. The normalized spacial score (nSPS) is 12.2. The van der Waals surface area contributed by atoms with Crippen LogP contribution in [0.4, 0.5) is 10.9 Å². The van der Waals surface area contributed by atoms with Gasteiger partial charge in [0.1, 0.15) is 10.7 Å². The number of aromatic nitrogens is 1. The highest BCUT2D eigenvalue weighted by molar-refractivity contribution is 7.18. The Labute approximate surface area is 111 Å². The van der Waals surface area contributed by atoms with Crippen LogP contribution in [0.3, 0.4) is 0 Å². The van der Waals surface area contributed by atoms with Crippen LogP contribution in [0.5, 0.6) is 0 Å². The SMILES string of the molecule is CCN(C(=O)c1sc(NC)nc1N)C(C)COC. The van der Waals surface area contributed by atoms with Crippen LogP contribution < -0.4 is 11.1 Å². The van der Waals surface area contributed by atoms with Crippen LogP contribution in [-0.2, 0) is 4.74 Å². The van der Waals surface area contributed by atoms with E-state index in [-0.39, 0.29) is 17.8 Å². The number of thiazole rings is 1. The molecule has 1 rings (SSSR count). The molecule has 7 heteroatoms. The van der Waals surface area contributed by atoms with E-state index in [4.69, 9.17) is 10.5 Å². The van der Waals surface area contributed by atoms with Crippen LogP contribution in [0, 0.1) is 0 Å². The lowest BCUT2D eigenvalue weighted by Crippen LogP contribution is -2.40. The molecule has 0 aromatic carbocycles. The summed E-state index contributed by atoms with van der Waals surface area (Å²) in [5.74, 6) is 0.177. The van der Waals surface area contributed by atoms with Crippen LogP contribution in [0.15, 0.2) is 0 Å². The number of carbonyl (C=O) groups excluding carboxylic acids is 1. The van der Waals surface area contributed by atoms with Gasteiger partial charge in [-0.25, -0.2) is 4.98 Å².